The lowest BCUT2D eigenvalue weighted by Crippen LogP contribution is -2.28. The van der Waals surface area contributed by atoms with Crippen molar-refractivity contribution >= 4 is 5.78 Å². The maximum atomic E-state index is 11.8. The summed E-state index contributed by atoms with van der Waals surface area (Å²) in [6.07, 6.45) is 3.79. The second kappa shape index (κ2) is 7.83. The lowest BCUT2D eigenvalue weighted by Gasteiger charge is -2.30. The molecule has 0 spiro atoms. The summed E-state index contributed by atoms with van der Waals surface area (Å²) in [5, 5.41) is 0. The smallest absolute Gasteiger partial charge is 0.136 e. The van der Waals surface area contributed by atoms with Crippen molar-refractivity contribution in [1.82, 2.24) is 0 Å². The predicted molar refractivity (Wildman–Crippen MR) is 68.0 cm³/mol. The quantitative estimate of drug-likeness (QED) is 0.644. The molecule has 17 heavy (non-hydrogen) atoms. The number of hydrogen-bond acceptors (Lipinski definition) is 3. The third-order valence-corrected chi connectivity index (χ3v) is 3.79. The third kappa shape index (κ3) is 5.17. The molecule has 1 aliphatic rings. The molecule has 2 atom stereocenters. The molecule has 100 valence electrons. The van der Waals surface area contributed by atoms with Gasteiger partial charge in [-0.15, -0.1) is 0 Å². The highest BCUT2D eigenvalue weighted by Crippen LogP contribution is 2.33. The first-order chi connectivity index (χ1) is 8.15. The molecule has 0 saturated heterocycles. The van der Waals surface area contributed by atoms with Gasteiger partial charge in [-0.05, 0) is 31.1 Å². The lowest BCUT2D eigenvalue weighted by molar-refractivity contribution is -0.126. The minimum absolute atomic E-state index is 0.235. The van der Waals surface area contributed by atoms with E-state index in [2.05, 4.69) is 13.8 Å². The van der Waals surface area contributed by atoms with Gasteiger partial charge in [0.05, 0.1) is 13.2 Å². The summed E-state index contributed by atoms with van der Waals surface area (Å²) in [6.45, 7) is 6.46. The van der Waals surface area contributed by atoms with Gasteiger partial charge < -0.3 is 9.47 Å². The van der Waals surface area contributed by atoms with Crippen LogP contribution in [0.4, 0.5) is 0 Å². The molecule has 1 aliphatic carbocycles. The Kier molecular flexibility index (Phi) is 6.75. The highest BCUT2D eigenvalue weighted by atomic mass is 16.5. The van der Waals surface area contributed by atoms with Gasteiger partial charge in [0.1, 0.15) is 5.78 Å². The topological polar surface area (TPSA) is 35.5 Å². The van der Waals surface area contributed by atoms with Crippen LogP contribution in [0.15, 0.2) is 0 Å². The van der Waals surface area contributed by atoms with Gasteiger partial charge in [-0.1, -0.05) is 13.8 Å². The van der Waals surface area contributed by atoms with Crippen LogP contribution in [-0.2, 0) is 14.3 Å². The van der Waals surface area contributed by atoms with Crippen LogP contribution >= 0.6 is 0 Å². The monoisotopic (exact) mass is 242 g/mol. The average Bonchev–Trinajstić information content (AvgIpc) is 2.30. The van der Waals surface area contributed by atoms with Gasteiger partial charge in [0.25, 0.3) is 0 Å². The fraction of sp³-hybridized carbons (Fsp3) is 0.929. The zero-order valence-electron chi connectivity index (χ0n) is 11.4. The number of ether oxygens (including phenoxy) is 2. The number of methoxy groups -OCH3 is 1. The van der Waals surface area contributed by atoms with Crippen LogP contribution in [0.2, 0.25) is 0 Å². The van der Waals surface area contributed by atoms with Crippen molar-refractivity contribution in [3.8, 4) is 0 Å². The van der Waals surface area contributed by atoms with Crippen LogP contribution in [0, 0.1) is 17.8 Å². The Hall–Kier alpha value is -0.410. The van der Waals surface area contributed by atoms with E-state index in [1.165, 1.54) is 0 Å². The van der Waals surface area contributed by atoms with E-state index in [1.807, 2.05) is 0 Å². The van der Waals surface area contributed by atoms with E-state index in [-0.39, 0.29) is 5.92 Å². The number of carbonyl (C=O) groups excluding carboxylic acids is 1. The van der Waals surface area contributed by atoms with E-state index in [1.54, 1.807) is 7.11 Å². The maximum absolute atomic E-state index is 11.8. The second-order valence-electron chi connectivity index (χ2n) is 5.34. The Morgan fingerprint density at radius 2 is 2.06 bits per heavy atom. The van der Waals surface area contributed by atoms with Gasteiger partial charge >= 0.3 is 0 Å². The molecular weight excluding hydrogens is 216 g/mol. The van der Waals surface area contributed by atoms with E-state index in [0.29, 0.717) is 31.5 Å². The highest BCUT2D eigenvalue weighted by molar-refractivity contribution is 5.81. The third-order valence-electron chi connectivity index (χ3n) is 3.79. The lowest BCUT2D eigenvalue weighted by atomic mass is 9.74. The van der Waals surface area contributed by atoms with E-state index < -0.39 is 0 Å². The molecule has 3 heteroatoms. The Morgan fingerprint density at radius 1 is 1.29 bits per heavy atom. The van der Waals surface area contributed by atoms with Gasteiger partial charge in [0, 0.05) is 26.1 Å². The average molecular weight is 242 g/mol. The Bertz CT molecular complexity index is 226. The molecule has 1 rings (SSSR count). The van der Waals surface area contributed by atoms with Gasteiger partial charge in [-0.25, -0.2) is 0 Å². The number of carbonyl (C=O) groups is 1. The maximum Gasteiger partial charge on any atom is 0.136 e. The summed E-state index contributed by atoms with van der Waals surface area (Å²) in [4.78, 5) is 11.8. The first kappa shape index (κ1) is 14.7. The van der Waals surface area contributed by atoms with E-state index in [9.17, 15) is 4.79 Å². The number of Topliss-reactive ketones (excluding diaryl/α,β-unsaturated/α-hetero) is 1. The van der Waals surface area contributed by atoms with E-state index in [0.717, 1.165) is 31.6 Å². The molecule has 0 N–H and O–H groups in total. The molecule has 0 heterocycles. The summed E-state index contributed by atoms with van der Waals surface area (Å²) in [7, 11) is 1.67. The largest absolute Gasteiger partial charge is 0.382 e. The molecule has 0 aromatic rings. The zero-order valence-corrected chi connectivity index (χ0v) is 11.4. The Labute approximate surface area is 105 Å². The van der Waals surface area contributed by atoms with Crippen molar-refractivity contribution < 1.29 is 14.3 Å². The molecule has 0 aromatic carbocycles. The van der Waals surface area contributed by atoms with Gasteiger partial charge in [-0.2, -0.15) is 0 Å². The molecule has 3 nitrogen and oxygen atoms in total. The molecule has 1 saturated carbocycles. The van der Waals surface area contributed by atoms with E-state index >= 15 is 0 Å². The molecule has 0 aromatic heterocycles. The van der Waals surface area contributed by atoms with Crippen LogP contribution in [0.1, 0.15) is 39.5 Å². The second-order valence-corrected chi connectivity index (χ2v) is 5.34. The number of hydrogen-bond donors (Lipinski definition) is 0. The molecule has 1 fully saturated rings. The summed E-state index contributed by atoms with van der Waals surface area (Å²) >= 11 is 0. The van der Waals surface area contributed by atoms with Crippen molar-refractivity contribution in [2.24, 2.45) is 17.8 Å². The van der Waals surface area contributed by atoms with Crippen molar-refractivity contribution in [3.63, 3.8) is 0 Å². The number of rotatable bonds is 7. The van der Waals surface area contributed by atoms with Crippen LogP contribution in [0.5, 0.6) is 0 Å². The minimum atomic E-state index is 0.235. The number of ketones is 1. The first-order valence-corrected chi connectivity index (χ1v) is 6.74. The molecule has 0 radical (unpaired) electrons. The summed E-state index contributed by atoms with van der Waals surface area (Å²) in [5.74, 6) is 2.09. The van der Waals surface area contributed by atoms with E-state index in [4.69, 9.17) is 9.47 Å². The summed E-state index contributed by atoms with van der Waals surface area (Å²) in [6, 6.07) is 0. The SMILES string of the molecule is COCCOCCC1CC(C(C)C)CCC1=O. The highest BCUT2D eigenvalue weighted by Gasteiger charge is 2.29. The van der Waals surface area contributed by atoms with Gasteiger partial charge in [0.2, 0.25) is 0 Å². The molecule has 0 amide bonds. The standard InChI is InChI=1S/C14H26O3/c1-11(2)12-4-5-14(15)13(10-12)6-7-17-9-8-16-3/h11-13H,4-10H2,1-3H3. The summed E-state index contributed by atoms with van der Waals surface area (Å²) in [5.41, 5.74) is 0. The van der Waals surface area contributed by atoms with Crippen LogP contribution in [0.25, 0.3) is 0 Å². The Balaban J connectivity index is 2.23. The van der Waals surface area contributed by atoms with Crippen molar-refractivity contribution in [1.29, 1.82) is 0 Å². The predicted octanol–water partition coefficient (Wildman–Crippen LogP) is 2.68. The van der Waals surface area contributed by atoms with Crippen LogP contribution in [0.3, 0.4) is 0 Å². The molecule has 2 unspecified atom stereocenters. The fourth-order valence-electron chi connectivity index (χ4n) is 2.50. The van der Waals surface area contributed by atoms with Crippen LogP contribution < -0.4 is 0 Å². The zero-order chi connectivity index (χ0) is 12.7. The van der Waals surface area contributed by atoms with Crippen molar-refractivity contribution in [3.05, 3.63) is 0 Å². The molecule has 0 bridgehead atoms. The van der Waals surface area contributed by atoms with Crippen molar-refractivity contribution in [2.75, 3.05) is 26.9 Å². The van der Waals surface area contributed by atoms with Crippen LogP contribution in [-0.4, -0.2) is 32.7 Å². The fourth-order valence-corrected chi connectivity index (χ4v) is 2.50. The van der Waals surface area contributed by atoms with Gasteiger partial charge in [0.15, 0.2) is 0 Å². The minimum Gasteiger partial charge on any atom is -0.382 e. The Morgan fingerprint density at radius 3 is 2.71 bits per heavy atom. The van der Waals surface area contributed by atoms with Gasteiger partial charge in [-0.3, -0.25) is 4.79 Å². The summed E-state index contributed by atoms with van der Waals surface area (Å²) < 4.78 is 10.4. The normalized spacial score (nSPS) is 25.5. The van der Waals surface area contributed by atoms with Crippen molar-refractivity contribution in [2.45, 2.75) is 39.5 Å². The molecule has 0 aliphatic heterocycles. The first-order valence-electron chi connectivity index (χ1n) is 6.74. The molecular formula is C14H26O3.